The van der Waals surface area contributed by atoms with Crippen LogP contribution in [0, 0.1) is 0 Å². The molecule has 3 rings (SSSR count). The number of aromatic nitrogens is 1. The summed E-state index contributed by atoms with van der Waals surface area (Å²) in [4.78, 5) is 15.8. The van der Waals surface area contributed by atoms with Crippen LogP contribution in [-0.4, -0.2) is 30.1 Å². The fourth-order valence-corrected chi connectivity index (χ4v) is 3.50. The van der Waals surface area contributed by atoms with Gasteiger partial charge in [-0.1, -0.05) is 30.3 Å². The molecule has 5 heteroatoms. The molecule has 0 unspecified atom stereocenters. The molecule has 0 saturated carbocycles. The summed E-state index contributed by atoms with van der Waals surface area (Å²) in [7, 11) is 1.60. The Labute approximate surface area is 154 Å². The molecule has 1 fully saturated rings. The van der Waals surface area contributed by atoms with E-state index in [1.807, 2.05) is 18.2 Å². The molecule has 3 atom stereocenters. The molecule has 26 heavy (non-hydrogen) atoms. The number of pyridine rings is 1. The minimum Gasteiger partial charge on any atom is -0.481 e. The number of aryl methyl sites for hydroxylation is 1. The van der Waals surface area contributed by atoms with E-state index in [0.717, 1.165) is 31.2 Å². The summed E-state index contributed by atoms with van der Waals surface area (Å²) in [6, 6.07) is 14.4. The number of nitrogens with zero attached hydrogens (tertiary/aromatic N) is 1. The van der Waals surface area contributed by atoms with Crippen molar-refractivity contribution in [3.05, 3.63) is 59.8 Å². The van der Waals surface area contributed by atoms with Crippen molar-refractivity contribution in [3.63, 3.8) is 0 Å². The lowest BCUT2D eigenvalue weighted by Gasteiger charge is -2.36. The van der Waals surface area contributed by atoms with Crippen LogP contribution in [0.25, 0.3) is 0 Å². The quantitative estimate of drug-likeness (QED) is 0.863. The van der Waals surface area contributed by atoms with Crippen LogP contribution >= 0.6 is 0 Å². The topological polar surface area (TPSA) is 60.5 Å². The predicted molar refractivity (Wildman–Crippen MR) is 100 cm³/mol. The minimum absolute atomic E-state index is 0.00492. The molecular formula is C21H26N2O3. The van der Waals surface area contributed by atoms with Gasteiger partial charge < -0.3 is 14.8 Å². The van der Waals surface area contributed by atoms with Crippen LogP contribution in [0.15, 0.2) is 48.7 Å². The Morgan fingerprint density at radius 2 is 2.04 bits per heavy atom. The highest BCUT2D eigenvalue weighted by Crippen LogP contribution is 2.33. The van der Waals surface area contributed by atoms with Crippen molar-refractivity contribution in [3.8, 4) is 5.88 Å². The van der Waals surface area contributed by atoms with Crippen LogP contribution in [0.3, 0.4) is 0 Å². The van der Waals surface area contributed by atoms with Crippen molar-refractivity contribution in [1.82, 2.24) is 10.3 Å². The highest BCUT2D eigenvalue weighted by atomic mass is 16.5. The number of hydrogen-bond acceptors (Lipinski definition) is 4. The smallest absolute Gasteiger partial charge is 0.217 e. The maximum absolute atomic E-state index is 11.5. The second-order valence-corrected chi connectivity index (χ2v) is 6.77. The molecule has 0 aliphatic carbocycles. The standard InChI is InChI=1S/C21H26N2O3/c1-15(24)23-18-12-19(10-8-16-6-4-3-5-7-16)26-20(13-18)17-9-11-21(25-2)22-14-17/h3-7,9,11,14,18-20H,8,10,12-13H2,1-2H3,(H,23,24)/t18-,19+,20+/m0/s1. The molecule has 2 heterocycles. The summed E-state index contributed by atoms with van der Waals surface area (Å²) in [5, 5.41) is 3.07. The Kier molecular flexibility index (Phi) is 6.23. The van der Waals surface area contributed by atoms with E-state index >= 15 is 0 Å². The first-order valence-corrected chi connectivity index (χ1v) is 9.10. The fourth-order valence-electron chi connectivity index (χ4n) is 3.50. The molecule has 1 aromatic carbocycles. The average Bonchev–Trinajstić information content (AvgIpc) is 2.66. The normalized spacial score (nSPS) is 22.6. The van der Waals surface area contributed by atoms with E-state index in [4.69, 9.17) is 9.47 Å². The van der Waals surface area contributed by atoms with Crippen LogP contribution < -0.4 is 10.1 Å². The number of benzene rings is 1. The summed E-state index contributed by atoms with van der Waals surface area (Å²) in [5.41, 5.74) is 2.32. The van der Waals surface area contributed by atoms with E-state index < -0.39 is 0 Å². The summed E-state index contributed by atoms with van der Waals surface area (Å²) in [6.45, 7) is 1.57. The molecule has 1 aliphatic rings. The predicted octanol–water partition coefficient (Wildman–Crippen LogP) is 3.45. The number of carbonyl (C=O) groups is 1. The lowest BCUT2D eigenvalue weighted by Crippen LogP contribution is -2.42. The summed E-state index contributed by atoms with van der Waals surface area (Å²) in [5.74, 6) is 0.592. The van der Waals surface area contributed by atoms with Gasteiger partial charge >= 0.3 is 0 Å². The van der Waals surface area contributed by atoms with Gasteiger partial charge in [0.1, 0.15) is 0 Å². The zero-order valence-corrected chi connectivity index (χ0v) is 15.4. The van der Waals surface area contributed by atoms with E-state index in [2.05, 4.69) is 34.6 Å². The Bertz CT molecular complexity index is 703. The largest absolute Gasteiger partial charge is 0.481 e. The van der Waals surface area contributed by atoms with Crippen LogP contribution in [0.5, 0.6) is 5.88 Å². The number of ether oxygens (including phenoxy) is 2. The highest BCUT2D eigenvalue weighted by molar-refractivity contribution is 5.73. The van der Waals surface area contributed by atoms with E-state index in [0.29, 0.717) is 5.88 Å². The molecule has 2 aromatic rings. The second-order valence-electron chi connectivity index (χ2n) is 6.77. The summed E-state index contributed by atoms with van der Waals surface area (Å²) in [6.07, 6.45) is 5.33. The van der Waals surface area contributed by atoms with Crippen LogP contribution in [0.2, 0.25) is 0 Å². The van der Waals surface area contributed by atoms with Crippen molar-refractivity contribution >= 4 is 5.91 Å². The van der Waals surface area contributed by atoms with Gasteiger partial charge in [-0.15, -0.1) is 0 Å². The Hall–Kier alpha value is -2.40. The lowest BCUT2D eigenvalue weighted by atomic mass is 9.92. The number of amides is 1. The molecule has 1 N–H and O–H groups in total. The molecule has 138 valence electrons. The molecule has 5 nitrogen and oxygen atoms in total. The number of rotatable bonds is 6. The maximum Gasteiger partial charge on any atom is 0.217 e. The number of methoxy groups -OCH3 is 1. The van der Waals surface area contributed by atoms with Gasteiger partial charge in [-0.3, -0.25) is 4.79 Å². The van der Waals surface area contributed by atoms with Gasteiger partial charge in [0.05, 0.1) is 19.3 Å². The van der Waals surface area contributed by atoms with Gasteiger partial charge in [-0.2, -0.15) is 0 Å². The van der Waals surface area contributed by atoms with Gasteiger partial charge in [0.25, 0.3) is 0 Å². The molecular weight excluding hydrogens is 328 g/mol. The summed E-state index contributed by atoms with van der Waals surface area (Å²) >= 11 is 0. The van der Waals surface area contributed by atoms with E-state index in [1.165, 1.54) is 5.56 Å². The van der Waals surface area contributed by atoms with Gasteiger partial charge in [-0.05, 0) is 42.9 Å². The van der Waals surface area contributed by atoms with Gasteiger partial charge in [0.2, 0.25) is 11.8 Å². The van der Waals surface area contributed by atoms with Gasteiger partial charge in [0.15, 0.2) is 0 Å². The molecule has 0 radical (unpaired) electrons. The number of hydrogen-bond donors (Lipinski definition) is 1. The zero-order chi connectivity index (χ0) is 18.4. The molecule has 1 aromatic heterocycles. The maximum atomic E-state index is 11.5. The first-order chi connectivity index (χ1) is 12.6. The third kappa shape index (κ3) is 5.05. The minimum atomic E-state index is -0.0696. The van der Waals surface area contributed by atoms with E-state index in [9.17, 15) is 4.79 Å². The molecule has 0 spiro atoms. The third-order valence-electron chi connectivity index (χ3n) is 4.75. The third-order valence-corrected chi connectivity index (χ3v) is 4.75. The zero-order valence-electron chi connectivity index (χ0n) is 15.4. The van der Waals surface area contributed by atoms with Gasteiger partial charge in [-0.25, -0.2) is 4.98 Å². The van der Waals surface area contributed by atoms with Crippen LogP contribution in [0.1, 0.15) is 43.4 Å². The molecule has 0 bridgehead atoms. The van der Waals surface area contributed by atoms with Crippen LogP contribution in [-0.2, 0) is 16.0 Å². The van der Waals surface area contributed by atoms with Crippen molar-refractivity contribution in [1.29, 1.82) is 0 Å². The monoisotopic (exact) mass is 354 g/mol. The average molecular weight is 354 g/mol. The first-order valence-electron chi connectivity index (χ1n) is 9.10. The van der Waals surface area contributed by atoms with E-state index in [-0.39, 0.29) is 24.2 Å². The van der Waals surface area contributed by atoms with Crippen LogP contribution in [0.4, 0.5) is 0 Å². The number of carbonyl (C=O) groups excluding carboxylic acids is 1. The first kappa shape index (κ1) is 18.4. The van der Waals surface area contributed by atoms with Crippen molar-refractivity contribution in [2.75, 3.05) is 7.11 Å². The van der Waals surface area contributed by atoms with Crippen molar-refractivity contribution in [2.24, 2.45) is 0 Å². The van der Waals surface area contributed by atoms with E-state index in [1.54, 1.807) is 20.2 Å². The molecule has 1 amide bonds. The Morgan fingerprint density at radius 3 is 2.69 bits per heavy atom. The Morgan fingerprint density at radius 1 is 1.23 bits per heavy atom. The lowest BCUT2D eigenvalue weighted by molar-refractivity contribution is -0.122. The summed E-state index contributed by atoms with van der Waals surface area (Å²) < 4.78 is 11.5. The Balaban J connectivity index is 1.68. The fraction of sp³-hybridized carbons (Fsp3) is 0.429. The SMILES string of the molecule is COc1ccc([C@H]2C[C@@H](NC(C)=O)C[C@@H](CCc3ccccc3)O2)cn1. The number of nitrogens with one attached hydrogen (secondary N) is 1. The van der Waals surface area contributed by atoms with Crippen molar-refractivity contribution in [2.45, 2.75) is 50.9 Å². The molecule has 1 saturated heterocycles. The second kappa shape index (κ2) is 8.81. The van der Waals surface area contributed by atoms with Gasteiger partial charge in [0, 0.05) is 25.2 Å². The molecule has 1 aliphatic heterocycles. The van der Waals surface area contributed by atoms with Crippen molar-refractivity contribution < 1.29 is 14.3 Å². The highest BCUT2D eigenvalue weighted by Gasteiger charge is 2.31.